The van der Waals surface area contributed by atoms with Gasteiger partial charge >= 0.3 is 5.69 Å². The lowest BCUT2D eigenvalue weighted by Gasteiger charge is -2.19. The summed E-state index contributed by atoms with van der Waals surface area (Å²) in [5.41, 5.74) is -0.780. The SMILES string of the molecule is C=CC(=O)Nc1c(O)c(OC(C)CC)c([N+](=O)[O-])c(C#N)c1CC. The number of nitrogens with zero attached hydrogens (tertiary/aromatic N) is 2. The van der Waals surface area contributed by atoms with Gasteiger partial charge in [-0.15, -0.1) is 0 Å². The van der Waals surface area contributed by atoms with E-state index in [2.05, 4.69) is 11.9 Å². The maximum Gasteiger partial charge on any atom is 0.332 e. The monoisotopic (exact) mass is 333 g/mol. The first-order valence-electron chi connectivity index (χ1n) is 7.38. The van der Waals surface area contributed by atoms with Gasteiger partial charge in [0.1, 0.15) is 11.6 Å². The van der Waals surface area contributed by atoms with E-state index in [0.717, 1.165) is 6.08 Å². The normalized spacial score (nSPS) is 11.2. The highest BCUT2D eigenvalue weighted by Gasteiger charge is 2.33. The summed E-state index contributed by atoms with van der Waals surface area (Å²) in [5.74, 6) is -1.62. The van der Waals surface area contributed by atoms with Crippen molar-refractivity contribution in [3.8, 4) is 17.6 Å². The Hall–Kier alpha value is -3.08. The number of rotatable bonds is 7. The van der Waals surface area contributed by atoms with Crippen LogP contribution in [0, 0.1) is 21.4 Å². The van der Waals surface area contributed by atoms with Gasteiger partial charge < -0.3 is 15.2 Å². The van der Waals surface area contributed by atoms with Crippen LogP contribution in [0.4, 0.5) is 11.4 Å². The van der Waals surface area contributed by atoms with Gasteiger partial charge in [0.15, 0.2) is 5.75 Å². The number of nitriles is 1. The van der Waals surface area contributed by atoms with E-state index in [-0.39, 0.29) is 23.2 Å². The number of nitro groups is 1. The van der Waals surface area contributed by atoms with Gasteiger partial charge in [0.2, 0.25) is 11.7 Å². The summed E-state index contributed by atoms with van der Waals surface area (Å²) in [7, 11) is 0. The molecule has 1 rings (SSSR count). The van der Waals surface area contributed by atoms with Gasteiger partial charge in [0.05, 0.1) is 16.7 Å². The van der Waals surface area contributed by atoms with Gasteiger partial charge in [0.25, 0.3) is 0 Å². The number of carbonyl (C=O) groups excluding carboxylic acids is 1. The number of aromatic hydroxyl groups is 1. The van der Waals surface area contributed by atoms with E-state index in [1.165, 1.54) is 0 Å². The molecule has 8 nitrogen and oxygen atoms in total. The van der Waals surface area contributed by atoms with E-state index in [1.54, 1.807) is 26.8 Å². The second kappa shape index (κ2) is 7.97. The molecule has 0 aromatic heterocycles. The van der Waals surface area contributed by atoms with Crippen molar-refractivity contribution in [1.29, 1.82) is 5.26 Å². The first-order chi connectivity index (χ1) is 11.3. The zero-order valence-electron chi connectivity index (χ0n) is 13.8. The molecule has 0 aliphatic heterocycles. The number of phenols is 1. The van der Waals surface area contributed by atoms with E-state index in [4.69, 9.17) is 4.74 Å². The van der Waals surface area contributed by atoms with Gasteiger partial charge in [-0.25, -0.2) is 0 Å². The summed E-state index contributed by atoms with van der Waals surface area (Å²) in [6.45, 7) is 8.44. The lowest BCUT2D eigenvalue weighted by atomic mass is 9.99. The molecule has 1 unspecified atom stereocenters. The first kappa shape index (κ1) is 19.0. The number of nitrogens with one attached hydrogen (secondary N) is 1. The van der Waals surface area contributed by atoms with Gasteiger partial charge in [-0.3, -0.25) is 14.9 Å². The first-order valence-corrected chi connectivity index (χ1v) is 7.38. The second-order valence-electron chi connectivity index (χ2n) is 5.01. The Morgan fingerprint density at radius 2 is 2.21 bits per heavy atom. The van der Waals surface area contributed by atoms with E-state index < -0.39 is 34.1 Å². The molecule has 8 heteroatoms. The topological polar surface area (TPSA) is 125 Å². The third kappa shape index (κ3) is 3.63. The van der Waals surface area contributed by atoms with Crippen LogP contribution in [0.3, 0.4) is 0 Å². The molecule has 1 amide bonds. The Kier molecular flexibility index (Phi) is 6.30. The van der Waals surface area contributed by atoms with Crippen LogP contribution in [0.2, 0.25) is 0 Å². The lowest BCUT2D eigenvalue weighted by Crippen LogP contribution is -2.15. The predicted molar refractivity (Wildman–Crippen MR) is 88.1 cm³/mol. The molecular weight excluding hydrogens is 314 g/mol. The molecule has 1 atom stereocenters. The van der Waals surface area contributed by atoms with Crippen LogP contribution in [0.15, 0.2) is 12.7 Å². The number of ether oxygens (including phenoxy) is 1. The number of hydrogen-bond acceptors (Lipinski definition) is 6. The number of phenolic OH excluding ortho intramolecular Hbond substituents is 1. The molecule has 24 heavy (non-hydrogen) atoms. The minimum absolute atomic E-state index is 0.0807. The van der Waals surface area contributed by atoms with Crippen molar-refractivity contribution in [3.63, 3.8) is 0 Å². The van der Waals surface area contributed by atoms with E-state index >= 15 is 0 Å². The number of carbonyl (C=O) groups is 1. The Balaban J connectivity index is 3.81. The van der Waals surface area contributed by atoms with Crippen LogP contribution in [0.1, 0.15) is 38.3 Å². The Morgan fingerprint density at radius 1 is 1.58 bits per heavy atom. The average Bonchev–Trinajstić information content (AvgIpc) is 2.56. The quantitative estimate of drug-likeness (QED) is 0.342. The highest BCUT2D eigenvalue weighted by molar-refractivity contribution is 6.01. The lowest BCUT2D eigenvalue weighted by molar-refractivity contribution is -0.386. The summed E-state index contributed by atoms with van der Waals surface area (Å²) in [6.07, 6.45) is 1.27. The highest BCUT2D eigenvalue weighted by Crippen LogP contribution is 2.48. The van der Waals surface area contributed by atoms with Crippen molar-refractivity contribution in [2.75, 3.05) is 5.32 Å². The van der Waals surface area contributed by atoms with Gasteiger partial charge in [-0.2, -0.15) is 5.26 Å². The van der Waals surface area contributed by atoms with Crippen LogP contribution in [0.25, 0.3) is 0 Å². The Morgan fingerprint density at radius 3 is 2.62 bits per heavy atom. The molecule has 0 saturated carbocycles. The molecule has 2 N–H and O–H groups in total. The number of benzene rings is 1. The number of nitro benzene ring substituents is 1. The van der Waals surface area contributed by atoms with Crippen molar-refractivity contribution in [1.82, 2.24) is 0 Å². The fourth-order valence-electron chi connectivity index (χ4n) is 2.10. The molecule has 0 bridgehead atoms. The minimum atomic E-state index is -0.770. The third-order valence-corrected chi connectivity index (χ3v) is 3.48. The fraction of sp³-hybridized carbons (Fsp3) is 0.375. The van der Waals surface area contributed by atoms with E-state index in [9.17, 15) is 25.3 Å². The van der Waals surface area contributed by atoms with Crippen LogP contribution < -0.4 is 10.1 Å². The summed E-state index contributed by atoms with van der Waals surface area (Å²) in [5, 5.41) is 33.7. The average molecular weight is 333 g/mol. The summed E-state index contributed by atoms with van der Waals surface area (Å²) in [4.78, 5) is 22.3. The Labute approximate surface area is 139 Å². The summed E-state index contributed by atoms with van der Waals surface area (Å²) >= 11 is 0. The van der Waals surface area contributed by atoms with Crippen molar-refractivity contribution >= 4 is 17.3 Å². The molecule has 1 aromatic carbocycles. The molecule has 0 radical (unpaired) electrons. The molecule has 1 aromatic rings. The smallest absolute Gasteiger partial charge is 0.332 e. The molecule has 128 valence electrons. The second-order valence-corrected chi connectivity index (χ2v) is 5.01. The molecule has 0 aliphatic carbocycles. The minimum Gasteiger partial charge on any atom is -0.503 e. The maximum atomic E-state index is 11.6. The van der Waals surface area contributed by atoms with Gasteiger partial charge in [-0.05, 0) is 25.8 Å². The van der Waals surface area contributed by atoms with Gasteiger partial charge in [0, 0.05) is 5.56 Å². The van der Waals surface area contributed by atoms with Crippen LogP contribution in [0.5, 0.6) is 11.5 Å². The fourth-order valence-corrected chi connectivity index (χ4v) is 2.10. The van der Waals surface area contributed by atoms with E-state index in [1.807, 2.05) is 0 Å². The van der Waals surface area contributed by atoms with E-state index in [0.29, 0.717) is 6.42 Å². The van der Waals surface area contributed by atoms with Crippen molar-refractivity contribution in [3.05, 3.63) is 33.9 Å². The van der Waals surface area contributed by atoms with Crippen molar-refractivity contribution in [2.45, 2.75) is 39.7 Å². The predicted octanol–water partition coefficient (Wildman–Crippen LogP) is 3.04. The third-order valence-electron chi connectivity index (χ3n) is 3.48. The number of anilines is 1. The molecule has 0 fully saturated rings. The number of hydrogen-bond donors (Lipinski definition) is 2. The van der Waals surface area contributed by atoms with Crippen LogP contribution in [-0.4, -0.2) is 22.0 Å². The zero-order valence-corrected chi connectivity index (χ0v) is 13.8. The standard InChI is InChI=1S/C16H19N3O5/c1-5-9(4)24-16-14(19(22)23)11(8-17)10(6-2)13(15(16)21)18-12(20)7-3/h7,9,21H,3,5-6H2,1-2,4H3,(H,18,20). The summed E-state index contributed by atoms with van der Waals surface area (Å²) < 4.78 is 5.46. The van der Waals surface area contributed by atoms with Crippen molar-refractivity contribution < 1.29 is 19.6 Å². The zero-order chi connectivity index (χ0) is 18.4. The molecule has 0 heterocycles. The number of amides is 1. The Bertz CT molecular complexity index is 722. The van der Waals surface area contributed by atoms with Crippen molar-refractivity contribution in [2.24, 2.45) is 0 Å². The molecule has 0 spiro atoms. The maximum absolute atomic E-state index is 11.6. The largest absolute Gasteiger partial charge is 0.503 e. The highest BCUT2D eigenvalue weighted by atomic mass is 16.6. The van der Waals surface area contributed by atoms with Crippen LogP contribution >= 0.6 is 0 Å². The molecule has 0 saturated heterocycles. The molecular formula is C16H19N3O5. The van der Waals surface area contributed by atoms with Gasteiger partial charge in [-0.1, -0.05) is 20.4 Å². The molecule has 0 aliphatic rings. The van der Waals surface area contributed by atoms with Crippen LogP contribution in [-0.2, 0) is 11.2 Å². The summed E-state index contributed by atoms with van der Waals surface area (Å²) in [6, 6.07) is 1.78.